The normalized spacial score (nSPS) is 16.9. The van der Waals surface area contributed by atoms with Gasteiger partial charge in [-0.1, -0.05) is 31.5 Å². The minimum atomic E-state index is -0.00785. The lowest BCUT2D eigenvalue weighted by atomic mass is 10.1. The van der Waals surface area contributed by atoms with Gasteiger partial charge in [-0.15, -0.1) is 0 Å². The van der Waals surface area contributed by atoms with Crippen LogP contribution < -0.4 is 10.2 Å². The van der Waals surface area contributed by atoms with E-state index in [1.807, 2.05) is 32.0 Å². The maximum atomic E-state index is 12.1. The van der Waals surface area contributed by atoms with Crippen molar-refractivity contribution in [3.05, 3.63) is 23.2 Å². The number of hydrogen-bond acceptors (Lipinski definition) is 3. The monoisotopic (exact) mass is 296 g/mol. The summed E-state index contributed by atoms with van der Waals surface area (Å²) < 4.78 is 5.37. The van der Waals surface area contributed by atoms with Crippen LogP contribution in [0, 0.1) is 5.92 Å². The second-order valence-electron chi connectivity index (χ2n) is 5.03. The van der Waals surface area contributed by atoms with Crippen molar-refractivity contribution in [3.63, 3.8) is 0 Å². The van der Waals surface area contributed by atoms with Crippen molar-refractivity contribution in [1.82, 2.24) is 0 Å². The highest BCUT2D eigenvalue weighted by atomic mass is 35.5. The van der Waals surface area contributed by atoms with Crippen LogP contribution in [0.2, 0.25) is 5.02 Å². The first-order chi connectivity index (χ1) is 9.63. The number of nitrogens with one attached hydrogen (secondary N) is 1. The molecule has 0 bridgehead atoms. The molecule has 0 saturated carbocycles. The molecular formula is C15H21ClN2O2. The number of ether oxygens (including phenoxy) is 1. The molecule has 1 fully saturated rings. The number of amides is 1. The van der Waals surface area contributed by atoms with Crippen LogP contribution in [-0.2, 0) is 9.53 Å². The highest BCUT2D eigenvalue weighted by Crippen LogP contribution is 2.34. The Hall–Kier alpha value is -1.26. The topological polar surface area (TPSA) is 41.6 Å². The van der Waals surface area contributed by atoms with E-state index >= 15 is 0 Å². The number of benzene rings is 1. The van der Waals surface area contributed by atoms with Crippen LogP contribution in [0.1, 0.15) is 20.3 Å². The summed E-state index contributed by atoms with van der Waals surface area (Å²) in [7, 11) is 0. The Morgan fingerprint density at radius 2 is 2.15 bits per heavy atom. The van der Waals surface area contributed by atoms with E-state index in [2.05, 4.69) is 10.2 Å². The van der Waals surface area contributed by atoms with Gasteiger partial charge in [-0.05, 0) is 18.6 Å². The maximum Gasteiger partial charge on any atom is 0.227 e. The molecule has 0 aliphatic carbocycles. The van der Waals surface area contributed by atoms with Gasteiger partial charge in [0.15, 0.2) is 0 Å². The largest absolute Gasteiger partial charge is 0.378 e. The van der Waals surface area contributed by atoms with Crippen LogP contribution >= 0.6 is 11.6 Å². The van der Waals surface area contributed by atoms with Crippen LogP contribution in [0.3, 0.4) is 0 Å². The molecule has 1 atom stereocenters. The molecule has 1 heterocycles. The number of hydrogen-bond donors (Lipinski definition) is 1. The zero-order chi connectivity index (χ0) is 14.5. The third-order valence-electron chi connectivity index (χ3n) is 3.63. The van der Waals surface area contributed by atoms with Crippen molar-refractivity contribution in [1.29, 1.82) is 0 Å². The average molecular weight is 297 g/mol. The molecule has 0 aromatic heterocycles. The van der Waals surface area contributed by atoms with Crippen molar-refractivity contribution in [2.24, 2.45) is 5.92 Å². The number of rotatable bonds is 4. The van der Waals surface area contributed by atoms with Crippen molar-refractivity contribution < 1.29 is 9.53 Å². The maximum absolute atomic E-state index is 12.1. The van der Waals surface area contributed by atoms with Crippen LogP contribution in [0.5, 0.6) is 0 Å². The van der Waals surface area contributed by atoms with E-state index in [9.17, 15) is 4.79 Å². The van der Waals surface area contributed by atoms with Crippen molar-refractivity contribution in [2.75, 3.05) is 36.5 Å². The van der Waals surface area contributed by atoms with E-state index in [1.165, 1.54) is 0 Å². The first-order valence-electron chi connectivity index (χ1n) is 7.05. The van der Waals surface area contributed by atoms with Crippen LogP contribution in [0.15, 0.2) is 18.2 Å². The van der Waals surface area contributed by atoms with Gasteiger partial charge in [-0.2, -0.15) is 0 Å². The van der Waals surface area contributed by atoms with E-state index in [4.69, 9.17) is 16.3 Å². The molecule has 20 heavy (non-hydrogen) atoms. The lowest BCUT2D eigenvalue weighted by Crippen LogP contribution is -2.37. The van der Waals surface area contributed by atoms with Gasteiger partial charge in [-0.25, -0.2) is 0 Å². The van der Waals surface area contributed by atoms with Crippen LogP contribution in [0.4, 0.5) is 11.4 Å². The number of halogens is 1. The summed E-state index contributed by atoms with van der Waals surface area (Å²) in [5, 5.41) is 3.65. The molecule has 2 rings (SSSR count). The van der Waals surface area contributed by atoms with Crippen molar-refractivity contribution in [2.45, 2.75) is 20.3 Å². The predicted octanol–water partition coefficient (Wildman–Crippen LogP) is 3.16. The van der Waals surface area contributed by atoms with Crippen LogP contribution in [-0.4, -0.2) is 32.2 Å². The zero-order valence-corrected chi connectivity index (χ0v) is 12.7. The van der Waals surface area contributed by atoms with E-state index in [0.717, 1.165) is 30.9 Å². The van der Waals surface area contributed by atoms with E-state index in [0.29, 0.717) is 18.2 Å². The molecule has 1 aromatic rings. The van der Waals surface area contributed by atoms with E-state index in [-0.39, 0.29) is 11.8 Å². The summed E-state index contributed by atoms with van der Waals surface area (Å²) in [4.78, 5) is 14.3. The summed E-state index contributed by atoms with van der Waals surface area (Å²) in [5.74, 6) is 0.0239. The second kappa shape index (κ2) is 6.95. The number of nitrogens with zero attached hydrogens (tertiary/aromatic N) is 1. The molecule has 5 heteroatoms. The minimum Gasteiger partial charge on any atom is -0.378 e. The number of para-hydroxylation sites is 1. The fourth-order valence-electron chi connectivity index (χ4n) is 2.17. The molecule has 0 unspecified atom stereocenters. The summed E-state index contributed by atoms with van der Waals surface area (Å²) in [6, 6.07) is 5.61. The van der Waals surface area contributed by atoms with E-state index in [1.54, 1.807) is 0 Å². The standard InChI is InChI=1S/C15H21ClN2O2/c1-3-11(2)15(19)17-13-6-4-5-12(16)14(13)18-7-9-20-10-8-18/h4-6,11H,3,7-10H2,1-2H3,(H,17,19)/t11-/m1/s1. The fourth-order valence-corrected chi connectivity index (χ4v) is 2.46. The molecule has 1 saturated heterocycles. The van der Waals surface area contributed by atoms with E-state index < -0.39 is 0 Å². The summed E-state index contributed by atoms with van der Waals surface area (Å²) in [6.45, 7) is 6.87. The van der Waals surface area contributed by atoms with Gasteiger partial charge in [0.05, 0.1) is 29.6 Å². The number of carbonyl (C=O) groups excluding carboxylic acids is 1. The van der Waals surface area contributed by atoms with Crippen molar-refractivity contribution in [3.8, 4) is 0 Å². The summed E-state index contributed by atoms with van der Waals surface area (Å²) >= 11 is 6.33. The molecule has 1 aliphatic heterocycles. The number of carbonyl (C=O) groups is 1. The SMILES string of the molecule is CC[C@@H](C)C(=O)Nc1cccc(Cl)c1N1CCOCC1. The van der Waals surface area contributed by atoms with Gasteiger partial charge in [0.1, 0.15) is 0 Å². The Kier molecular flexibility index (Phi) is 5.26. The van der Waals surface area contributed by atoms with Gasteiger partial charge in [-0.3, -0.25) is 4.79 Å². The first kappa shape index (κ1) is 15.1. The van der Waals surface area contributed by atoms with Gasteiger partial charge in [0, 0.05) is 19.0 Å². The summed E-state index contributed by atoms with van der Waals surface area (Å²) in [6.07, 6.45) is 0.819. The summed E-state index contributed by atoms with van der Waals surface area (Å²) in [5.41, 5.74) is 1.68. The first-order valence-corrected chi connectivity index (χ1v) is 7.43. The Labute approximate surface area is 125 Å². The van der Waals surface area contributed by atoms with Gasteiger partial charge < -0.3 is 15.0 Å². The average Bonchev–Trinajstić information content (AvgIpc) is 2.47. The number of morpholine rings is 1. The molecule has 0 spiro atoms. The lowest BCUT2D eigenvalue weighted by molar-refractivity contribution is -0.119. The molecule has 1 amide bonds. The lowest BCUT2D eigenvalue weighted by Gasteiger charge is -2.31. The van der Waals surface area contributed by atoms with Crippen LogP contribution in [0.25, 0.3) is 0 Å². The van der Waals surface area contributed by atoms with Gasteiger partial charge in [0.25, 0.3) is 0 Å². The Morgan fingerprint density at radius 3 is 2.80 bits per heavy atom. The third kappa shape index (κ3) is 3.44. The quantitative estimate of drug-likeness (QED) is 0.928. The van der Waals surface area contributed by atoms with Crippen molar-refractivity contribution >= 4 is 28.9 Å². The van der Waals surface area contributed by atoms with Gasteiger partial charge >= 0.3 is 0 Å². The molecule has 4 nitrogen and oxygen atoms in total. The Balaban J connectivity index is 2.23. The third-order valence-corrected chi connectivity index (χ3v) is 3.94. The Bertz CT molecular complexity index is 473. The fraction of sp³-hybridized carbons (Fsp3) is 0.533. The molecule has 0 radical (unpaired) electrons. The predicted molar refractivity (Wildman–Crippen MR) is 82.6 cm³/mol. The Morgan fingerprint density at radius 1 is 1.45 bits per heavy atom. The molecule has 1 N–H and O–H groups in total. The highest BCUT2D eigenvalue weighted by Gasteiger charge is 2.20. The van der Waals surface area contributed by atoms with Gasteiger partial charge in [0.2, 0.25) is 5.91 Å². The molecule has 1 aromatic carbocycles. The number of anilines is 2. The minimum absolute atomic E-state index is 0.00785. The highest BCUT2D eigenvalue weighted by molar-refractivity contribution is 6.34. The molecule has 1 aliphatic rings. The zero-order valence-electron chi connectivity index (χ0n) is 12.0. The molecular weight excluding hydrogens is 276 g/mol. The smallest absolute Gasteiger partial charge is 0.227 e. The molecule has 110 valence electrons. The second-order valence-corrected chi connectivity index (χ2v) is 5.44.